The summed E-state index contributed by atoms with van der Waals surface area (Å²) < 4.78 is 11.3. The van der Waals surface area contributed by atoms with Crippen molar-refractivity contribution >= 4 is 53.2 Å². The van der Waals surface area contributed by atoms with Crippen molar-refractivity contribution in [2.24, 2.45) is 0 Å². The van der Waals surface area contributed by atoms with Gasteiger partial charge in [0.15, 0.2) is 0 Å². The Morgan fingerprint density at radius 3 is 1.82 bits per heavy atom. The highest BCUT2D eigenvalue weighted by Crippen LogP contribution is 2.19. The second-order valence-electron chi connectivity index (χ2n) is 14.5. The van der Waals surface area contributed by atoms with E-state index in [4.69, 9.17) is 14.6 Å². The third kappa shape index (κ3) is 17.4. The second kappa shape index (κ2) is 22.4. The molecule has 0 saturated carbocycles. The summed E-state index contributed by atoms with van der Waals surface area (Å²) in [7, 11) is 1.63. The van der Waals surface area contributed by atoms with Gasteiger partial charge in [-0.1, -0.05) is 0 Å². The van der Waals surface area contributed by atoms with Gasteiger partial charge < -0.3 is 35.4 Å². The van der Waals surface area contributed by atoms with Gasteiger partial charge in [-0.25, -0.2) is 0 Å². The van der Waals surface area contributed by atoms with Crippen LogP contribution in [0.2, 0.25) is 0 Å². The fourth-order valence-electron chi connectivity index (χ4n) is 5.47. The maximum atomic E-state index is 13.3. The third-order valence-corrected chi connectivity index (χ3v) is 9.00. The number of carbonyl (C=O) groups excluding carboxylic acids is 8. The Hall–Kier alpha value is -4.97. The highest BCUT2D eigenvalue weighted by molar-refractivity contribution is 6.13. The summed E-state index contributed by atoms with van der Waals surface area (Å²) in [5, 5.41) is 17.0. The van der Waals surface area contributed by atoms with Gasteiger partial charge in [0.1, 0.15) is 6.04 Å². The van der Waals surface area contributed by atoms with Crippen LogP contribution in [-0.2, 0) is 52.6 Å². The molecule has 2 aliphatic heterocycles. The molecule has 8 amide bonds. The largest absolute Gasteiger partial charge is 0.481 e. The van der Waals surface area contributed by atoms with Crippen molar-refractivity contribution in [1.29, 1.82) is 0 Å². The molecule has 2 aliphatic rings. The number of carboxylic acid groups (broad SMARTS) is 1. The molecule has 2 heterocycles. The van der Waals surface area contributed by atoms with E-state index >= 15 is 0 Å². The quantitative estimate of drug-likeness (QED) is 0.0647. The number of aliphatic carboxylic acids is 1. The minimum atomic E-state index is -1.02. The lowest BCUT2D eigenvalue weighted by molar-refractivity contribution is -0.140. The highest BCUT2D eigenvalue weighted by Gasteiger charge is 2.29. The molecule has 0 radical (unpaired) electrons. The van der Waals surface area contributed by atoms with Gasteiger partial charge in [0.25, 0.3) is 23.6 Å². The van der Waals surface area contributed by atoms with Gasteiger partial charge in [0.2, 0.25) is 23.6 Å². The topological polar surface area (TPSA) is 238 Å². The predicted molar refractivity (Wildman–Crippen MR) is 197 cm³/mol. The summed E-state index contributed by atoms with van der Waals surface area (Å²) in [6.45, 7) is 7.83. The monoisotopic (exact) mass is 776 g/mol. The van der Waals surface area contributed by atoms with E-state index in [-0.39, 0.29) is 82.8 Å². The van der Waals surface area contributed by atoms with Crippen molar-refractivity contribution in [3.63, 3.8) is 0 Å². The molecule has 4 N–H and O–H groups in total. The van der Waals surface area contributed by atoms with Crippen molar-refractivity contribution in [3.05, 3.63) is 24.3 Å². The average molecular weight is 777 g/mol. The fourth-order valence-corrected chi connectivity index (χ4v) is 5.47. The van der Waals surface area contributed by atoms with Crippen molar-refractivity contribution in [1.82, 2.24) is 30.7 Å². The van der Waals surface area contributed by atoms with E-state index < -0.39 is 59.0 Å². The molecule has 18 nitrogen and oxygen atoms in total. The Kier molecular flexibility index (Phi) is 18.8. The van der Waals surface area contributed by atoms with Gasteiger partial charge in [0.05, 0.1) is 24.2 Å². The first-order valence-corrected chi connectivity index (χ1v) is 18.4. The lowest BCUT2D eigenvalue weighted by Gasteiger charge is -2.28. The second-order valence-corrected chi connectivity index (χ2v) is 14.5. The minimum Gasteiger partial charge on any atom is -0.481 e. The maximum absolute atomic E-state index is 13.3. The van der Waals surface area contributed by atoms with E-state index in [1.54, 1.807) is 7.11 Å². The van der Waals surface area contributed by atoms with Gasteiger partial charge >= 0.3 is 5.97 Å². The van der Waals surface area contributed by atoms with E-state index in [0.717, 1.165) is 34.1 Å². The lowest BCUT2D eigenvalue weighted by Crippen LogP contribution is -2.47. The number of nitrogens with one attached hydrogen (secondary N) is 3. The van der Waals surface area contributed by atoms with Gasteiger partial charge in [-0.3, -0.25) is 53.0 Å². The number of carbonyl (C=O) groups is 9. The Labute approximate surface area is 321 Å². The molecule has 0 spiro atoms. The fraction of sp³-hybridized carbons (Fsp3) is 0.649. The van der Waals surface area contributed by atoms with Crippen molar-refractivity contribution in [2.45, 2.75) is 103 Å². The standard InChI is InChI=1S/C37H56N6O12/c1-36(2,54-5)17-24-55-37(3,4)25-28(45)38-18-7-6-9-26(35(53)39-19-8-10-34(51)52)40-27(44)11-12-29(46)41(20-22-42-30(47)13-14-31(42)48)21-23-43-32(49)15-16-33(43)50/h13-16,26H,6-12,17-25H2,1-5H3,(H,38,45)(H,39,53)(H,40,44)(H,51,52)/t26-/m0/s1. The molecule has 0 aromatic carbocycles. The molecule has 0 fully saturated rings. The number of hydrogen-bond donors (Lipinski definition) is 4. The zero-order valence-electron chi connectivity index (χ0n) is 32.5. The van der Waals surface area contributed by atoms with Gasteiger partial charge in [-0.05, 0) is 59.8 Å². The van der Waals surface area contributed by atoms with Crippen molar-refractivity contribution in [2.75, 3.05) is 53.0 Å². The van der Waals surface area contributed by atoms with Crippen LogP contribution in [0.4, 0.5) is 0 Å². The summed E-state index contributed by atoms with van der Waals surface area (Å²) in [5.74, 6) is -5.12. The number of amides is 8. The molecule has 1 atom stereocenters. The number of unbranched alkanes of at least 4 members (excludes halogenated alkanes) is 1. The molecule has 55 heavy (non-hydrogen) atoms. The predicted octanol–water partition coefficient (Wildman–Crippen LogP) is 0.198. The normalized spacial score (nSPS) is 14.8. The molecule has 0 bridgehead atoms. The van der Waals surface area contributed by atoms with Crippen LogP contribution in [0.5, 0.6) is 0 Å². The molecule has 0 aromatic rings. The average Bonchev–Trinajstić information content (AvgIpc) is 3.61. The Balaban J connectivity index is 1.93. The van der Waals surface area contributed by atoms with Crippen LogP contribution >= 0.6 is 0 Å². The van der Waals surface area contributed by atoms with Crippen molar-refractivity contribution < 1.29 is 57.7 Å². The molecule has 306 valence electrons. The van der Waals surface area contributed by atoms with Crippen LogP contribution in [0.1, 0.15) is 85.5 Å². The first kappa shape index (κ1) is 46.2. The molecular weight excluding hydrogens is 720 g/mol. The van der Waals surface area contributed by atoms with Gasteiger partial charge in [-0.15, -0.1) is 0 Å². The number of carboxylic acids is 1. The van der Waals surface area contributed by atoms with Crippen LogP contribution < -0.4 is 16.0 Å². The van der Waals surface area contributed by atoms with Crippen LogP contribution in [0.15, 0.2) is 24.3 Å². The van der Waals surface area contributed by atoms with Crippen molar-refractivity contribution in [3.8, 4) is 0 Å². The molecule has 2 rings (SSSR count). The smallest absolute Gasteiger partial charge is 0.303 e. The number of imide groups is 2. The maximum Gasteiger partial charge on any atom is 0.303 e. The summed E-state index contributed by atoms with van der Waals surface area (Å²) in [6, 6.07) is -1.01. The number of nitrogens with zero attached hydrogens (tertiary/aromatic N) is 3. The highest BCUT2D eigenvalue weighted by atomic mass is 16.5. The molecular formula is C37H56N6O12. The third-order valence-electron chi connectivity index (χ3n) is 9.00. The molecule has 0 unspecified atom stereocenters. The van der Waals surface area contributed by atoms with E-state index in [1.165, 1.54) is 4.90 Å². The summed E-state index contributed by atoms with van der Waals surface area (Å²) in [4.78, 5) is 114. The van der Waals surface area contributed by atoms with Crippen LogP contribution in [0.3, 0.4) is 0 Å². The van der Waals surface area contributed by atoms with E-state index in [2.05, 4.69) is 16.0 Å². The zero-order chi connectivity index (χ0) is 41.2. The van der Waals surface area contributed by atoms with Crippen LogP contribution in [0.25, 0.3) is 0 Å². The Morgan fingerprint density at radius 2 is 1.29 bits per heavy atom. The summed E-state index contributed by atoms with van der Waals surface area (Å²) >= 11 is 0. The summed E-state index contributed by atoms with van der Waals surface area (Å²) in [5.41, 5.74) is -1.05. The van der Waals surface area contributed by atoms with Gasteiger partial charge in [0, 0.05) is 89.9 Å². The summed E-state index contributed by atoms with van der Waals surface area (Å²) in [6.07, 6.45) is 5.66. The van der Waals surface area contributed by atoms with Gasteiger partial charge in [-0.2, -0.15) is 0 Å². The molecule has 0 aromatic heterocycles. The first-order valence-electron chi connectivity index (χ1n) is 18.4. The number of methoxy groups -OCH3 is 1. The molecule has 18 heteroatoms. The van der Waals surface area contributed by atoms with E-state index in [0.29, 0.717) is 32.4 Å². The number of rotatable bonds is 27. The first-order chi connectivity index (χ1) is 25.8. The van der Waals surface area contributed by atoms with Crippen LogP contribution in [0, 0.1) is 0 Å². The Morgan fingerprint density at radius 1 is 0.745 bits per heavy atom. The zero-order valence-corrected chi connectivity index (χ0v) is 32.5. The van der Waals surface area contributed by atoms with E-state index in [9.17, 15) is 43.2 Å². The minimum absolute atomic E-state index is 0.0664. The molecule has 0 saturated heterocycles. The molecule has 0 aliphatic carbocycles. The number of ether oxygens (including phenoxy) is 2. The number of hydrogen-bond acceptors (Lipinski definition) is 11. The van der Waals surface area contributed by atoms with Crippen LogP contribution in [-0.4, -0.2) is 143 Å². The van der Waals surface area contributed by atoms with E-state index in [1.807, 2.05) is 27.7 Å². The SMILES string of the molecule is COC(C)(C)CCOC(C)(C)CC(=O)NCCCC[C@H](NC(=O)CCC(=O)N(CCN1C(=O)C=CC1=O)CCN1C(=O)C=CC1=O)C(=O)NCCCC(=O)O. The lowest BCUT2D eigenvalue weighted by atomic mass is 10.0. The Bertz CT molecular complexity index is 1410.